The van der Waals surface area contributed by atoms with Gasteiger partial charge in [-0.1, -0.05) is 0 Å². The molecule has 0 bridgehead atoms. The molecular weight excluding hydrogens is 333 g/mol. The summed E-state index contributed by atoms with van der Waals surface area (Å²) in [6.45, 7) is 0.376. The van der Waals surface area contributed by atoms with Crippen LogP contribution in [0.15, 0.2) is 18.3 Å². The molecule has 1 aliphatic rings. The van der Waals surface area contributed by atoms with E-state index in [2.05, 4.69) is 9.97 Å². The van der Waals surface area contributed by atoms with E-state index in [1.807, 2.05) is 0 Å². The summed E-state index contributed by atoms with van der Waals surface area (Å²) >= 11 is 0. The van der Waals surface area contributed by atoms with Gasteiger partial charge in [0, 0.05) is 25.3 Å². The van der Waals surface area contributed by atoms with E-state index in [4.69, 9.17) is 0 Å². The number of hydrogen-bond donors (Lipinski definition) is 0. The van der Waals surface area contributed by atoms with Crippen LogP contribution >= 0.6 is 0 Å². The largest absolute Gasteiger partial charge is 0.449 e. The van der Waals surface area contributed by atoms with Crippen LogP contribution in [-0.4, -0.2) is 46.6 Å². The number of piperidine rings is 1. The summed E-state index contributed by atoms with van der Waals surface area (Å²) in [5.41, 5.74) is 0.364. The number of sulfonamides is 1. The van der Waals surface area contributed by atoms with Crippen molar-refractivity contribution in [3.8, 4) is 0 Å². The van der Waals surface area contributed by atoms with Crippen molar-refractivity contribution in [1.29, 1.82) is 0 Å². The maximum absolute atomic E-state index is 13.3. The van der Waals surface area contributed by atoms with E-state index in [9.17, 15) is 21.6 Å². The van der Waals surface area contributed by atoms with Crippen LogP contribution in [0.25, 0.3) is 11.2 Å². The Balaban J connectivity index is 2.00. The zero-order valence-electron chi connectivity index (χ0n) is 12.3. The highest BCUT2D eigenvalue weighted by Crippen LogP contribution is 2.36. The van der Waals surface area contributed by atoms with Crippen LogP contribution in [-0.2, 0) is 16.2 Å². The molecule has 2 aromatic heterocycles. The van der Waals surface area contributed by atoms with Gasteiger partial charge in [-0.15, -0.1) is 0 Å². The third-order valence-electron chi connectivity index (χ3n) is 3.96. The highest BCUT2D eigenvalue weighted by atomic mass is 32.2. The maximum atomic E-state index is 13.3. The van der Waals surface area contributed by atoms with E-state index in [-0.39, 0.29) is 37.1 Å². The zero-order valence-corrected chi connectivity index (χ0v) is 13.1. The molecular formula is C13H15F3N4O2S. The third-order valence-corrected chi connectivity index (χ3v) is 5.26. The van der Waals surface area contributed by atoms with Crippen molar-refractivity contribution in [1.82, 2.24) is 18.8 Å². The molecule has 0 saturated carbocycles. The number of pyridine rings is 1. The summed E-state index contributed by atoms with van der Waals surface area (Å²) in [5.74, 6) is -0.982. The van der Waals surface area contributed by atoms with Crippen molar-refractivity contribution in [3.63, 3.8) is 0 Å². The SMILES string of the molecule is CS(=O)(=O)N1CCC(n2c(C(F)(F)F)nc3cccnc32)CC1. The molecule has 2 aromatic rings. The van der Waals surface area contributed by atoms with E-state index in [1.165, 1.54) is 22.6 Å². The number of fused-ring (bicyclic) bond motifs is 1. The van der Waals surface area contributed by atoms with Gasteiger partial charge < -0.3 is 4.57 Å². The fraction of sp³-hybridized carbons (Fsp3) is 0.538. The normalized spacial score (nSPS) is 18.6. The fourth-order valence-corrected chi connectivity index (χ4v) is 3.78. The summed E-state index contributed by atoms with van der Waals surface area (Å²) in [4.78, 5) is 7.70. The molecule has 6 nitrogen and oxygen atoms in total. The molecule has 0 amide bonds. The molecule has 1 fully saturated rings. The van der Waals surface area contributed by atoms with E-state index in [0.29, 0.717) is 0 Å². The van der Waals surface area contributed by atoms with Crippen LogP contribution in [0, 0.1) is 0 Å². The molecule has 23 heavy (non-hydrogen) atoms. The van der Waals surface area contributed by atoms with Crippen LogP contribution in [0.5, 0.6) is 0 Å². The Labute approximate surface area is 131 Å². The highest BCUT2D eigenvalue weighted by Gasteiger charge is 2.40. The lowest BCUT2D eigenvalue weighted by Crippen LogP contribution is -2.39. The molecule has 0 spiro atoms. The second-order valence-corrected chi connectivity index (χ2v) is 7.52. The first-order chi connectivity index (χ1) is 10.7. The second-order valence-electron chi connectivity index (χ2n) is 5.54. The predicted octanol–water partition coefficient (Wildman–Crippen LogP) is 2.05. The molecule has 0 N–H and O–H groups in total. The lowest BCUT2D eigenvalue weighted by atomic mass is 10.1. The lowest BCUT2D eigenvalue weighted by molar-refractivity contribution is -0.147. The number of alkyl halides is 3. The van der Waals surface area contributed by atoms with Gasteiger partial charge in [0.2, 0.25) is 15.8 Å². The van der Waals surface area contributed by atoms with Crippen molar-refractivity contribution >= 4 is 21.2 Å². The molecule has 0 unspecified atom stereocenters. The van der Waals surface area contributed by atoms with Gasteiger partial charge >= 0.3 is 6.18 Å². The number of aromatic nitrogens is 3. The first-order valence-electron chi connectivity index (χ1n) is 7.03. The average molecular weight is 348 g/mol. The minimum Gasteiger partial charge on any atom is -0.302 e. The van der Waals surface area contributed by atoms with Crippen molar-refractivity contribution in [2.24, 2.45) is 0 Å². The Morgan fingerprint density at radius 1 is 1.26 bits per heavy atom. The summed E-state index contributed by atoms with van der Waals surface area (Å²) in [6.07, 6.45) is -1.49. The Morgan fingerprint density at radius 3 is 2.48 bits per heavy atom. The van der Waals surface area contributed by atoms with Crippen LogP contribution < -0.4 is 0 Å². The molecule has 10 heteroatoms. The van der Waals surface area contributed by atoms with E-state index in [0.717, 1.165) is 10.8 Å². The Morgan fingerprint density at radius 2 is 1.91 bits per heavy atom. The van der Waals surface area contributed by atoms with Crippen LogP contribution in [0.3, 0.4) is 0 Å². The molecule has 126 valence electrons. The summed E-state index contributed by atoms with van der Waals surface area (Å²) in [6, 6.07) is 2.54. The monoisotopic (exact) mass is 348 g/mol. The maximum Gasteiger partial charge on any atom is 0.449 e. The smallest absolute Gasteiger partial charge is 0.302 e. The molecule has 1 saturated heterocycles. The van der Waals surface area contributed by atoms with Gasteiger partial charge in [0.05, 0.1) is 6.26 Å². The number of halogens is 3. The van der Waals surface area contributed by atoms with E-state index >= 15 is 0 Å². The number of nitrogens with zero attached hydrogens (tertiary/aromatic N) is 4. The van der Waals surface area contributed by atoms with Gasteiger partial charge in [-0.05, 0) is 25.0 Å². The van der Waals surface area contributed by atoms with Gasteiger partial charge in [0.1, 0.15) is 5.52 Å². The standard InChI is InChI=1S/C13H15F3N4O2S/c1-23(21,22)19-7-4-9(5-8-19)20-11-10(3-2-6-17-11)18-12(20)13(14,15)16/h2-3,6,9H,4-5,7-8H2,1H3. The van der Waals surface area contributed by atoms with Gasteiger partial charge in [-0.3, -0.25) is 0 Å². The van der Waals surface area contributed by atoms with Gasteiger partial charge in [-0.2, -0.15) is 13.2 Å². The Hall–Kier alpha value is -1.68. The fourth-order valence-electron chi connectivity index (χ4n) is 2.91. The van der Waals surface area contributed by atoms with Crippen molar-refractivity contribution < 1.29 is 21.6 Å². The second kappa shape index (κ2) is 5.45. The van der Waals surface area contributed by atoms with Gasteiger partial charge in [-0.25, -0.2) is 22.7 Å². The molecule has 0 atom stereocenters. The third kappa shape index (κ3) is 3.05. The lowest BCUT2D eigenvalue weighted by Gasteiger charge is -2.31. The molecule has 0 radical (unpaired) electrons. The molecule has 0 aliphatic carbocycles. The topological polar surface area (TPSA) is 68.1 Å². The van der Waals surface area contributed by atoms with Gasteiger partial charge in [0.25, 0.3) is 0 Å². The quantitative estimate of drug-likeness (QED) is 0.833. The van der Waals surface area contributed by atoms with Crippen LogP contribution in [0.2, 0.25) is 0 Å². The van der Waals surface area contributed by atoms with Crippen molar-refractivity contribution in [2.45, 2.75) is 25.1 Å². The zero-order chi connectivity index (χ0) is 16.8. The van der Waals surface area contributed by atoms with Crippen LogP contribution in [0.1, 0.15) is 24.7 Å². The Bertz CT molecular complexity index is 823. The number of imidazole rings is 1. The first kappa shape index (κ1) is 16.2. The summed E-state index contributed by atoms with van der Waals surface area (Å²) < 4.78 is 65.3. The molecule has 1 aliphatic heterocycles. The number of rotatable bonds is 2. The Kier molecular flexibility index (Phi) is 3.83. The molecule has 3 rings (SSSR count). The summed E-state index contributed by atoms with van der Waals surface area (Å²) in [7, 11) is -3.33. The molecule has 3 heterocycles. The highest BCUT2D eigenvalue weighted by molar-refractivity contribution is 7.88. The minimum atomic E-state index is -4.59. The summed E-state index contributed by atoms with van der Waals surface area (Å²) in [5, 5.41) is 0. The van der Waals surface area contributed by atoms with Crippen LogP contribution in [0.4, 0.5) is 13.2 Å². The molecule has 0 aromatic carbocycles. The average Bonchev–Trinajstić information content (AvgIpc) is 2.86. The first-order valence-corrected chi connectivity index (χ1v) is 8.88. The number of hydrogen-bond acceptors (Lipinski definition) is 4. The van der Waals surface area contributed by atoms with Crippen molar-refractivity contribution in [3.05, 3.63) is 24.2 Å². The van der Waals surface area contributed by atoms with Crippen molar-refractivity contribution in [2.75, 3.05) is 19.3 Å². The van der Waals surface area contributed by atoms with Gasteiger partial charge in [0.15, 0.2) is 5.65 Å². The predicted molar refractivity (Wildman–Crippen MR) is 77.2 cm³/mol. The van der Waals surface area contributed by atoms with E-state index in [1.54, 1.807) is 0 Å². The minimum absolute atomic E-state index is 0.178. The van der Waals surface area contributed by atoms with E-state index < -0.39 is 28.1 Å².